The van der Waals surface area contributed by atoms with Crippen molar-refractivity contribution in [1.82, 2.24) is 0 Å². The average Bonchev–Trinajstić information content (AvgIpc) is 3.17. The van der Waals surface area contributed by atoms with E-state index in [2.05, 4.69) is 97.1 Å². The van der Waals surface area contributed by atoms with Crippen molar-refractivity contribution in [2.24, 2.45) is 5.92 Å². The molecule has 1 aliphatic carbocycles. The molecule has 0 bridgehead atoms. The topological polar surface area (TPSA) is 0 Å². The first-order valence-electron chi connectivity index (χ1n) is 6.93. The number of allylic oxidation sites excluding steroid dienone is 5. The molecule has 0 heteroatoms. The second-order valence-corrected chi connectivity index (χ2v) is 4.92. The molecule has 0 amide bonds. The summed E-state index contributed by atoms with van der Waals surface area (Å²) < 4.78 is 0. The molecule has 0 fully saturated rings. The summed E-state index contributed by atoms with van der Waals surface area (Å²) >= 11 is 0. The fourth-order valence-electron chi connectivity index (χ4n) is 2.21. The van der Waals surface area contributed by atoms with Crippen LogP contribution >= 0.6 is 0 Å². The van der Waals surface area contributed by atoms with Crippen molar-refractivity contribution in [1.29, 1.82) is 0 Å². The fourth-order valence-corrected chi connectivity index (χ4v) is 2.21. The third kappa shape index (κ3) is 3.30. The lowest BCUT2D eigenvalue weighted by Crippen LogP contribution is -1.81. The first-order valence-corrected chi connectivity index (χ1v) is 6.93. The molecule has 0 radical (unpaired) electrons. The van der Waals surface area contributed by atoms with Gasteiger partial charge in [-0.1, -0.05) is 66.3 Å². The number of rotatable bonds is 4. The molecule has 2 aromatic rings. The maximum Gasteiger partial charge on any atom is 0.0136 e. The first kappa shape index (κ1) is 12.6. The summed E-state index contributed by atoms with van der Waals surface area (Å²) in [7, 11) is 0. The molecule has 0 saturated carbocycles. The highest BCUT2D eigenvalue weighted by molar-refractivity contribution is 5.70. The second kappa shape index (κ2) is 6.12. The zero-order valence-corrected chi connectivity index (χ0v) is 11.3. The van der Waals surface area contributed by atoms with Crippen molar-refractivity contribution >= 4 is 18.2 Å². The van der Waals surface area contributed by atoms with Crippen LogP contribution in [0.25, 0.3) is 18.2 Å². The van der Waals surface area contributed by atoms with Gasteiger partial charge in [0, 0.05) is 5.92 Å². The van der Waals surface area contributed by atoms with Crippen LogP contribution in [-0.2, 0) is 0 Å². The highest BCUT2D eigenvalue weighted by Gasteiger charge is 1.97. The Kier molecular flexibility index (Phi) is 3.84. The molecule has 3 rings (SSSR count). The maximum atomic E-state index is 2.22. The standard InChI is InChI=1S/C20H17/c1-2-6-17(5-1)9-11-19-13-15-20(16-14-19)12-10-18-7-3-4-8-18/h1-17H/q-1. The molecule has 0 nitrogen and oxygen atoms in total. The minimum Gasteiger partial charge on any atom is -0.174 e. The SMILES string of the molecule is C1=CC(C=Cc2ccc(C=C[c-]3cccc3)cc2)C=C1. The molecule has 0 N–H and O–H groups in total. The summed E-state index contributed by atoms with van der Waals surface area (Å²) in [5.74, 6) is 0.451. The van der Waals surface area contributed by atoms with Crippen molar-refractivity contribution < 1.29 is 0 Å². The summed E-state index contributed by atoms with van der Waals surface area (Å²) in [5, 5.41) is 0. The molecular formula is C20H17-. The monoisotopic (exact) mass is 257 g/mol. The van der Waals surface area contributed by atoms with Gasteiger partial charge in [0.1, 0.15) is 0 Å². The number of benzene rings is 1. The summed E-state index contributed by atoms with van der Waals surface area (Å²) in [4.78, 5) is 0. The van der Waals surface area contributed by atoms with Crippen LogP contribution in [0.3, 0.4) is 0 Å². The lowest BCUT2D eigenvalue weighted by atomic mass is 10.1. The van der Waals surface area contributed by atoms with Gasteiger partial charge in [0.05, 0.1) is 0 Å². The van der Waals surface area contributed by atoms with Gasteiger partial charge in [-0.05, 0) is 5.56 Å². The van der Waals surface area contributed by atoms with E-state index in [4.69, 9.17) is 0 Å². The van der Waals surface area contributed by atoms with Gasteiger partial charge in [0.15, 0.2) is 0 Å². The maximum absolute atomic E-state index is 2.22. The van der Waals surface area contributed by atoms with Crippen LogP contribution in [0.4, 0.5) is 0 Å². The number of hydrogen-bond acceptors (Lipinski definition) is 0. The average molecular weight is 257 g/mol. The zero-order chi connectivity index (χ0) is 13.6. The van der Waals surface area contributed by atoms with E-state index in [9.17, 15) is 0 Å². The zero-order valence-electron chi connectivity index (χ0n) is 11.3. The predicted octanol–water partition coefficient (Wildman–Crippen LogP) is 5.33. The highest BCUT2D eigenvalue weighted by Crippen LogP contribution is 2.14. The van der Waals surface area contributed by atoms with E-state index in [1.807, 2.05) is 0 Å². The van der Waals surface area contributed by atoms with Crippen LogP contribution in [0.1, 0.15) is 16.7 Å². The Bertz CT molecular complexity index is 635. The Labute approximate surface area is 120 Å². The van der Waals surface area contributed by atoms with Gasteiger partial charge in [-0.15, -0.1) is 29.8 Å². The van der Waals surface area contributed by atoms with Crippen LogP contribution in [0.2, 0.25) is 0 Å². The third-order valence-corrected chi connectivity index (χ3v) is 3.38. The van der Waals surface area contributed by atoms with Crippen LogP contribution in [-0.4, -0.2) is 0 Å². The lowest BCUT2D eigenvalue weighted by Gasteiger charge is -2.00. The second-order valence-electron chi connectivity index (χ2n) is 4.92. The summed E-state index contributed by atoms with van der Waals surface area (Å²) in [6, 6.07) is 16.9. The Morgan fingerprint density at radius 1 is 0.800 bits per heavy atom. The van der Waals surface area contributed by atoms with E-state index < -0.39 is 0 Å². The largest absolute Gasteiger partial charge is 0.174 e. The highest BCUT2D eigenvalue weighted by atomic mass is 14.0. The van der Waals surface area contributed by atoms with Gasteiger partial charge in [-0.25, -0.2) is 0 Å². The molecule has 0 aromatic heterocycles. The van der Waals surface area contributed by atoms with Crippen molar-refractivity contribution in [3.05, 3.63) is 95.6 Å². The van der Waals surface area contributed by atoms with E-state index in [0.29, 0.717) is 5.92 Å². The van der Waals surface area contributed by atoms with Gasteiger partial charge in [-0.2, -0.15) is 12.1 Å². The van der Waals surface area contributed by atoms with Crippen molar-refractivity contribution in [2.75, 3.05) is 0 Å². The quantitative estimate of drug-likeness (QED) is 0.649. The molecule has 0 spiro atoms. The molecule has 0 atom stereocenters. The van der Waals surface area contributed by atoms with Gasteiger partial charge in [0.25, 0.3) is 0 Å². The van der Waals surface area contributed by atoms with E-state index in [1.165, 1.54) is 16.7 Å². The van der Waals surface area contributed by atoms with Gasteiger partial charge >= 0.3 is 0 Å². The molecule has 0 saturated heterocycles. The Morgan fingerprint density at radius 3 is 2.05 bits per heavy atom. The molecule has 0 aliphatic heterocycles. The van der Waals surface area contributed by atoms with Crippen molar-refractivity contribution in [3.8, 4) is 0 Å². The van der Waals surface area contributed by atoms with Crippen LogP contribution in [0.15, 0.2) is 78.9 Å². The Morgan fingerprint density at radius 2 is 1.40 bits per heavy atom. The summed E-state index contributed by atoms with van der Waals surface area (Å²) in [6.07, 6.45) is 17.2. The Hall–Kier alpha value is -2.47. The molecule has 1 aliphatic rings. The molecular weight excluding hydrogens is 240 g/mol. The van der Waals surface area contributed by atoms with E-state index >= 15 is 0 Å². The van der Waals surface area contributed by atoms with Gasteiger partial charge in [-0.3, -0.25) is 0 Å². The van der Waals surface area contributed by atoms with Crippen molar-refractivity contribution in [2.45, 2.75) is 0 Å². The summed E-state index contributed by atoms with van der Waals surface area (Å²) in [5.41, 5.74) is 3.71. The van der Waals surface area contributed by atoms with Crippen LogP contribution in [0.5, 0.6) is 0 Å². The fraction of sp³-hybridized carbons (Fsp3) is 0.0500. The molecule has 2 aromatic carbocycles. The number of hydrogen-bond donors (Lipinski definition) is 0. The molecule has 0 unspecified atom stereocenters. The van der Waals surface area contributed by atoms with Crippen molar-refractivity contribution in [3.63, 3.8) is 0 Å². The summed E-state index contributed by atoms with van der Waals surface area (Å²) in [6.45, 7) is 0. The first-order chi connectivity index (χ1) is 9.90. The Balaban J connectivity index is 1.65. The van der Waals surface area contributed by atoms with E-state index in [1.54, 1.807) is 0 Å². The predicted molar refractivity (Wildman–Crippen MR) is 88.2 cm³/mol. The molecule has 20 heavy (non-hydrogen) atoms. The normalized spacial score (nSPS) is 15.0. The van der Waals surface area contributed by atoms with Gasteiger partial charge in [0.2, 0.25) is 0 Å². The molecule has 0 heterocycles. The van der Waals surface area contributed by atoms with E-state index in [0.717, 1.165) is 0 Å². The van der Waals surface area contributed by atoms with Crippen LogP contribution in [0, 0.1) is 5.92 Å². The lowest BCUT2D eigenvalue weighted by molar-refractivity contribution is 1.10. The van der Waals surface area contributed by atoms with Gasteiger partial charge < -0.3 is 0 Å². The van der Waals surface area contributed by atoms with E-state index in [-0.39, 0.29) is 0 Å². The minimum absolute atomic E-state index is 0.451. The third-order valence-electron chi connectivity index (χ3n) is 3.38. The molecule has 98 valence electrons. The van der Waals surface area contributed by atoms with Crippen LogP contribution < -0.4 is 0 Å². The minimum atomic E-state index is 0.451. The smallest absolute Gasteiger partial charge is 0.0136 e.